The summed E-state index contributed by atoms with van der Waals surface area (Å²) in [7, 11) is 0. The van der Waals surface area contributed by atoms with E-state index in [2.05, 4.69) is 0 Å². The molecule has 0 bridgehead atoms. The van der Waals surface area contributed by atoms with Crippen molar-refractivity contribution in [3.8, 4) is 0 Å². The van der Waals surface area contributed by atoms with Crippen molar-refractivity contribution in [3.05, 3.63) is 95.1 Å². The van der Waals surface area contributed by atoms with Crippen LogP contribution in [0.1, 0.15) is 28.3 Å². The van der Waals surface area contributed by atoms with Crippen molar-refractivity contribution in [3.63, 3.8) is 0 Å². The van der Waals surface area contributed by atoms with Crippen LogP contribution in [-0.4, -0.2) is 17.9 Å². The Bertz CT molecular complexity index is 1170. The SMILES string of the molecule is Cc1ccc(N2C(=O)[C@H]3[C@H](ON(c4ccccc4)[C@H]3c3ccccc3C)C2=O)c(C)c1. The Morgan fingerprint density at radius 3 is 2.19 bits per heavy atom. The maximum atomic E-state index is 13.7. The number of carbonyl (C=O) groups is 2. The highest BCUT2D eigenvalue weighted by molar-refractivity contribution is 6.24. The molecule has 0 radical (unpaired) electrons. The Morgan fingerprint density at radius 2 is 1.48 bits per heavy atom. The number of hydroxylamine groups is 1. The fourth-order valence-corrected chi connectivity index (χ4v) is 4.74. The molecule has 0 spiro atoms. The maximum absolute atomic E-state index is 13.7. The molecule has 2 aliphatic rings. The van der Waals surface area contributed by atoms with E-state index in [1.807, 2.05) is 93.6 Å². The summed E-state index contributed by atoms with van der Waals surface area (Å²) in [5, 5.41) is 1.74. The predicted octanol–water partition coefficient (Wildman–Crippen LogP) is 4.66. The number of hydrogen-bond acceptors (Lipinski definition) is 4. The summed E-state index contributed by atoms with van der Waals surface area (Å²) in [4.78, 5) is 34.7. The molecule has 0 aliphatic carbocycles. The number of carbonyl (C=O) groups excluding carboxylic acids is 2. The van der Waals surface area contributed by atoms with Crippen molar-refractivity contribution in [1.82, 2.24) is 0 Å². The number of rotatable bonds is 3. The summed E-state index contributed by atoms with van der Waals surface area (Å²) in [6.45, 7) is 5.94. The minimum absolute atomic E-state index is 0.214. The number of aryl methyl sites for hydroxylation is 3. The molecule has 3 aromatic rings. The quantitative estimate of drug-likeness (QED) is 0.587. The van der Waals surface area contributed by atoms with Gasteiger partial charge >= 0.3 is 0 Å². The summed E-state index contributed by atoms with van der Waals surface area (Å²) >= 11 is 0. The van der Waals surface area contributed by atoms with Gasteiger partial charge in [0.15, 0.2) is 6.10 Å². The van der Waals surface area contributed by atoms with Gasteiger partial charge in [0.1, 0.15) is 5.92 Å². The molecule has 3 atom stereocenters. The molecule has 2 heterocycles. The second kappa shape index (κ2) is 7.36. The van der Waals surface area contributed by atoms with Gasteiger partial charge in [-0.3, -0.25) is 14.4 Å². The number of anilines is 2. The van der Waals surface area contributed by atoms with Crippen molar-refractivity contribution >= 4 is 23.2 Å². The molecule has 5 heteroatoms. The van der Waals surface area contributed by atoms with Crippen molar-refractivity contribution in [2.75, 3.05) is 9.96 Å². The van der Waals surface area contributed by atoms with E-state index in [4.69, 9.17) is 4.84 Å². The smallest absolute Gasteiger partial charge is 0.266 e. The maximum Gasteiger partial charge on any atom is 0.266 e. The van der Waals surface area contributed by atoms with Crippen LogP contribution in [0.5, 0.6) is 0 Å². The molecule has 2 aliphatic heterocycles. The fraction of sp³-hybridized carbons (Fsp3) is 0.231. The second-order valence-corrected chi connectivity index (χ2v) is 8.32. The van der Waals surface area contributed by atoms with E-state index in [0.717, 1.165) is 27.9 Å². The van der Waals surface area contributed by atoms with Crippen LogP contribution in [0.25, 0.3) is 0 Å². The van der Waals surface area contributed by atoms with Gasteiger partial charge in [-0.2, -0.15) is 0 Å². The molecule has 31 heavy (non-hydrogen) atoms. The van der Waals surface area contributed by atoms with Gasteiger partial charge in [-0.25, -0.2) is 9.96 Å². The van der Waals surface area contributed by atoms with Crippen LogP contribution in [0.3, 0.4) is 0 Å². The van der Waals surface area contributed by atoms with Gasteiger partial charge in [-0.1, -0.05) is 60.2 Å². The van der Waals surface area contributed by atoms with Gasteiger partial charge in [0.2, 0.25) is 5.91 Å². The highest BCUT2D eigenvalue weighted by atomic mass is 16.7. The summed E-state index contributed by atoms with van der Waals surface area (Å²) in [6, 6.07) is 23.0. The van der Waals surface area contributed by atoms with Crippen molar-refractivity contribution in [1.29, 1.82) is 0 Å². The lowest BCUT2D eigenvalue weighted by molar-refractivity contribution is -0.126. The Balaban J connectivity index is 1.61. The third-order valence-corrected chi connectivity index (χ3v) is 6.23. The molecule has 5 nitrogen and oxygen atoms in total. The van der Waals surface area contributed by atoms with Crippen LogP contribution in [0, 0.1) is 26.7 Å². The predicted molar refractivity (Wildman–Crippen MR) is 120 cm³/mol. The third-order valence-electron chi connectivity index (χ3n) is 6.23. The van der Waals surface area contributed by atoms with Gasteiger partial charge < -0.3 is 0 Å². The lowest BCUT2D eigenvalue weighted by atomic mass is 9.88. The number of amides is 2. The Labute approximate surface area is 181 Å². The Hall–Kier alpha value is -3.44. The monoisotopic (exact) mass is 412 g/mol. The van der Waals surface area contributed by atoms with E-state index in [-0.39, 0.29) is 17.9 Å². The first-order valence-electron chi connectivity index (χ1n) is 10.5. The number of hydrogen-bond donors (Lipinski definition) is 0. The summed E-state index contributed by atoms with van der Waals surface area (Å²) in [5.41, 5.74) is 5.49. The molecule has 2 saturated heterocycles. The molecular formula is C26H24N2O3. The van der Waals surface area contributed by atoms with Crippen molar-refractivity contribution in [2.24, 2.45) is 5.92 Å². The first-order valence-corrected chi connectivity index (χ1v) is 10.5. The van der Waals surface area contributed by atoms with E-state index < -0.39 is 12.0 Å². The molecule has 0 saturated carbocycles. The minimum Gasteiger partial charge on any atom is -0.273 e. The number of benzene rings is 3. The molecule has 156 valence electrons. The minimum atomic E-state index is -0.849. The highest BCUT2D eigenvalue weighted by Crippen LogP contribution is 2.48. The first-order chi connectivity index (χ1) is 15.0. The van der Waals surface area contributed by atoms with Crippen LogP contribution in [0.2, 0.25) is 0 Å². The summed E-state index contributed by atoms with van der Waals surface area (Å²) < 4.78 is 0. The fourth-order valence-electron chi connectivity index (χ4n) is 4.74. The normalized spacial score (nSPS) is 22.9. The van der Waals surface area contributed by atoms with Gasteiger partial charge in [0, 0.05) is 0 Å². The molecular weight excluding hydrogens is 388 g/mol. The number of imide groups is 1. The average molecular weight is 412 g/mol. The molecule has 5 rings (SSSR count). The third kappa shape index (κ3) is 3.04. The summed E-state index contributed by atoms with van der Waals surface area (Å²) in [5.74, 6) is -1.14. The zero-order valence-electron chi connectivity index (χ0n) is 17.8. The molecule has 3 aromatic carbocycles. The van der Waals surface area contributed by atoms with Crippen LogP contribution >= 0.6 is 0 Å². The zero-order valence-corrected chi connectivity index (χ0v) is 17.8. The van der Waals surface area contributed by atoms with Gasteiger partial charge in [-0.05, 0) is 55.7 Å². The van der Waals surface area contributed by atoms with Gasteiger partial charge in [0.05, 0.1) is 17.4 Å². The van der Waals surface area contributed by atoms with Crippen molar-refractivity contribution < 1.29 is 14.4 Å². The Kier molecular flexibility index (Phi) is 4.63. The topological polar surface area (TPSA) is 49.9 Å². The highest BCUT2D eigenvalue weighted by Gasteiger charge is 2.60. The van der Waals surface area contributed by atoms with Crippen LogP contribution < -0.4 is 9.96 Å². The van der Waals surface area contributed by atoms with E-state index in [9.17, 15) is 9.59 Å². The molecule has 0 aromatic heterocycles. The zero-order chi connectivity index (χ0) is 21.7. The standard InChI is InChI=1S/C26H24N2O3/c1-16-13-14-21(18(3)15-16)27-25(29)22-23(20-12-8-7-9-17(20)2)28(31-24(22)26(27)30)19-10-5-4-6-11-19/h4-15,22-24H,1-3H3/t22-,23+,24+/m1/s1. The molecule has 2 amide bonds. The number of nitrogens with zero attached hydrogens (tertiary/aromatic N) is 2. The van der Waals surface area contributed by atoms with Crippen LogP contribution in [0.4, 0.5) is 11.4 Å². The van der Waals surface area contributed by atoms with E-state index >= 15 is 0 Å². The number of fused-ring (bicyclic) bond motifs is 1. The van der Waals surface area contributed by atoms with Gasteiger partial charge in [-0.15, -0.1) is 0 Å². The van der Waals surface area contributed by atoms with Crippen LogP contribution in [-0.2, 0) is 14.4 Å². The molecule has 2 fully saturated rings. The summed E-state index contributed by atoms with van der Waals surface area (Å²) in [6.07, 6.45) is -0.849. The van der Waals surface area contributed by atoms with E-state index in [1.165, 1.54) is 4.90 Å². The lowest BCUT2D eigenvalue weighted by Gasteiger charge is -2.30. The lowest BCUT2D eigenvalue weighted by Crippen LogP contribution is -2.37. The van der Waals surface area contributed by atoms with Crippen LogP contribution in [0.15, 0.2) is 72.8 Å². The van der Waals surface area contributed by atoms with E-state index in [1.54, 1.807) is 5.06 Å². The second-order valence-electron chi connectivity index (χ2n) is 8.32. The average Bonchev–Trinajstić information content (AvgIpc) is 3.26. The molecule has 0 N–H and O–H groups in total. The first kappa shape index (κ1) is 19.5. The van der Waals surface area contributed by atoms with Gasteiger partial charge in [0.25, 0.3) is 5.91 Å². The largest absolute Gasteiger partial charge is 0.273 e. The van der Waals surface area contributed by atoms with Crippen molar-refractivity contribution in [2.45, 2.75) is 32.9 Å². The number of para-hydroxylation sites is 1. The Morgan fingerprint density at radius 1 is 0.774 bits per heavy atom. The molecule has 0 unspecified atom stereocenters. The van der Waals surface area contributed by atoms with E-state index in [0.29, 0.717) is 5.69 Å².